The summed E-state index contributed by atoms with van der Waals surface area (Å²) >= 11 is 0. The normalized spacial score (nSPS) is 21.2. The number of nitrogens with zero attached hydrogens (tertiary/aromatic N) is 1. The molecule has 2 fully saturated rings. The van der Waals surface area contributed by atoms with Gasteiger partial charge in [-0.1, -0.05) is 42.0 Å². The van der Waals surface area contributed by atoms with Crippen LogP contribution in [0.25, 0.3) is 6.08 Å². The molecule has 0 radical (unpaired) electrons. The monoisotopic (exact) mass is 312 g/mol. The molecule has 1 unspecified atom stereocenters. The van der Waals surface area contributed by atoms with E-state index in [1.165, 1.54) is 5.56 Å². The van der Waals surface area contributed by atoms with E-state index in [0.29, 0.717) is 25.4 Å². The van der Waals surface area contributed by atoms with Gasteiger partial charge in [-0.05, 0) is 25.3 Å². The number of hydrogen-bond donors (Lipinski definition) is 1. The predicted molar refractivity (Wildman–Crippen MR) is 90.7 cm³/mol. The fraction of sp³-hybridized carbons (Fsp3) is 0.474. The Kier molecular flexibility index (Phi) is 4.79. The lowest BCUT2D eigenvalue weighted by Gasteiger charge is -2.15. The number of carbonyl (C=O) groups is 2. The Balaban J connectivity index is 1.38. The molecule has 122 valence electrons. The molecule has 0 aromatic heterocycles. The van der Waals surface area contributed by atoms with Crippen molar-refractivity contribution in [2.24, 2.45) is 5.92 Å². The Morgan fingerprint density at radius 3 is 2.74 bits per heavy atom. The lowest BCUT2D eigenvalue weighted by Crippen LogP contribution is -2.31. The smallest absolute Gasteiger partial charge is 0.223 e. The van der Waals surface area contributed by atoms with E-state index in [9.17, 15) is 9.59 Å². The van der Waals surface area contributed by atoms with Crippen LogP contribution in [0.5, 0.6) is 0 Å². The van der Waals surface area contributed by atoms with Crippen molar-refractivity contribution in [2.45, 2.75) is 38.6 Å². The molecule has 2 amide bonds. The van der Waals surface area contributed by atoms with Crippen LogP contribution in [0, 0.1) is 12.8 Å². The summed E-state index contributed by atoms with van der Waals surface area (Å²) in [4.78, 5) is 25.8. The van der Waals surface area contributed by atoms with Crippen molar-refractivity contribution in [3.63, 3.8) is 0 Å². The summed E-state index contributed by atoms with van der Waals surface area (Å²) in [6.07, 6.45) is 7.10. The maximum absolute atomic E-state index is 11.9. The minimum atomic E-state index is 0.0192. The minimum absolute atomic E-state index is 0.0192. The van der Waals surface area contributed by atoms with Gasteiger partial charge >= 0.3 is 0 Å². The predicted octanol–water partition coefficient (Wildman–Crippen LogP) is 2.53. The van der Waals surface area contributed by atoms with Crippen LogP contribution >= 0.6 is 0 Å². The average molecular weight is 312 g/mol. The van der Waals surface area contributed by atoms with Crippen LogP contribution in [0.3, 0.4) is 0 Å². The number of hydrogen-bond acceptors (Lipinski definition) is 2. The highest BCUT2D eigenvalue weighted by atomic mass is 16.2. The first-order chi connectivity index (χ1) is 11.1. The van der Waals surface area contributed by atoms with Crippen LogP contribution in [0.2, 0.25) is 0 Å². The molecule has 0 bridgehead atoms. The van der Waals surface area contributed by atoms with Gasteiger partial charge in [0.05, 0.1) is 0 Å². The van der Waals surface area contributed by atoms with Crippen LogP contribution in [-0.4, -0.2) is 35.8 Å². The van der Waals surface area contributed by atoms with Gasteiger partial charge in [0.25, 0.3) is 0 Å². The Morgan fingerprint density at radius 2 is 2.04 bits per heavy atom. The number of benzene rings is 1. The summed E-state index contributed by atoms with van der Waals surface area (Å²) < 4.78 is 0. The van der Waals surface area contributed by atoms with Gasteiger partial charge < -0.3 is 10.2 Å². The molecule has 1 atom stereocenters. The van der Waals surface area contributed by atoms with E-state index in [0.717, 1.165) is 24.9 Å². The summed E-state index contributed by atoms with van der Waals surface area (Å²) in [5.74, 6) is 0.546. The average Bonchev–Trinajstić information content (AvgIpc) is 3.30. The van der Waals surface area contributed by atoms with Crippen LogP contribution in [0.4, 0.5) is 0 Å². The number of nitrogens with one attached hydrogen (secondary N) is 1. The van der Waals surface area contributed by atoms with Gasteiger partial charge in [0.15, 0.2) is 0 Å². The van der Waals surface area contributed by atoms with E-state index < -0.39 is 0 Å². The van der Waals surface area contributed by atoms with Gasteiger partial charge in [0.1, 0.15) is 0 Å². The first kappa shape index (κ1) is 15.8. The van der Waals surface area contributed by atoms with Gasteiger partial charge in [-0.25, -0.2) is 0 Å². The van der Waals surface area contributed by atoms with Crippen molar-refractivity contribution < 1.29 is 9.59 Å². The van der Waals surface area contributed by atoms with E-state index in [-0.39, 0.29) is 17.7 Å². The second kappa shape index (κ2) is 6.99. The summed E-state index contributed by atoms with van der Waals surface area (Å²) in [6, 6.07) is 8.69. The summed E-state index contributed by atoms with van der Waals surface area (Å²) in [5, 5.41) is 2.95. The third-order valence-electron chi connectivity index (χ3n) is 4.50. The van der Waals surface area contributed by atoms with Crippen molar-refractivity contribution in [1.29, 1.82) is 0 Å². The van der Waals surface area contributed by atoms with Crippen molar-refractivity contribution >= 4 is 17.9 Å². The maximum atomic E-state index is 11.9. The molecule has 1 aromatic carbocycles. The maximum Gasteiger partial charge on any atom is 0.223 e. The van der Waals surface area contributed by atoms with Crippen molar-refractivity contribution in [2.75, 3.05) is 13.1 Å². The third kappa shape index (κ3) is 4.44. The number of rotatable bonds is 6. The van der Waals surface area contributed by atoms with Crippen molar-refractivity contribution in [1.82, 2.24) is 10.2 Å². The number of aryl methyl sites for hydroxylation is 1. The largest absolute Gasteiger partial charge is 0.355 e. The van der Waals surface area contributed by atoms with Gasteiger partial charge in [-0.2, -0.15) is 0 Å². The minimum Gasteiger partial charge on any atom is -0.355 e. The highest BCUT2D eigenvalue weighted by Crippen LogP contribution is 2.32. The Morgan fingerprint density at radius 1 is 1.30 bits per heavy atom. The Hall–Kier alpha value is -2.10. The van der Waals surface area contributed by atoms with Gasteiger partial charge in [-0.3, -0.25) is 9.59 Å². The molecule has 0 spiro atoms. The zero-order valence-electron chi connectivity index (χ0n) is 13.6. The van der Waals surface area contributed by atoms with E-state index in [4.69, 9.17) is 0 Å². The molecule has 1 saturated heterocycles. The third-order valence-corrected chi connectivity index (χ3v) is 4.50. The molecular formula is C19H24N2O2. The molecule has 3 rings (SSSR count). The molecule has 1 aliphatic heterocycles. The van der Waals surface area contributed by atoms with E-state index in [1.54, 1.807) is 0 Å². The Bertz CT molecular complexity index is 602. The summed E-state index contributed by atoms with van der Waals surface area (Å²) in [6.45, 7) is 3.47. The summed E-state index contributed by atoms with van der Waals surface area (Å²) in [5.41, 5.74) is 2.33. The SMILES string of the molecule is Cc1ccc(C=CCC(=O)NCC2CC(=O)N(C3CC3)C2)cc1. The summed E-state index contributed by atoms with van der Waals surface area (Å²) in [7, 11) is 0. The van der Waals surface area contributed by atoms with Gasteiger partial charge in [-0.15, -0.1) is 0 Å². The van der Waals surface area contributed by atoms with Crippen LogP contribution in [0.15, 0.2) is 30.3 Å². The lowest BCUT2D eigenvalue weighted by atomic mass is 10.1. The first-order valence-corrected chi connectivity index (χ1v) is 8.41. The second-order valence-corrected chi connectivity index (χ2v) is 6.67. The molecular weight excluding hydrogens is 288 g/mol. The lowest BCUT2D eigenvalue weighted by molar-refractivity contribution is -0.128. The molecule has 1 saturated carbocycles. The highest BCUT2D eigenvalue weighted by molar-refractivity contribution is 5.80. The van der Waals surface area contributed by atoms with Crippen LogP contribution in [-0.2, 0) is 9.59 Å². The number of carbonyl (C=O) groups excluding carboxylic acids is 2. The van der Waals surface area contributed by atoms with Crippen molar-refractivity contribution in [3.8, 4) is 0 Å². The number of likely N-dealkylation sites (tertiary alicyclic amines) is 1. The van der Waals surface area contributed by atoms with Crippen LogP contribution < -0.4 is 5.32 Å². The zero-order valence-corrected chi connectivity index (χ0v) is 13.6. The quantitative estimate of drug-likeness (QED) is 0.877. The van der Waals surface area contributed by atoms with E-state index in [2.05, 4.69) is 24.4 Å². The Labute approximate surface area is 137 Å². The molecule has 1 heterocycles. The molecule has 23 heavy (non-hydrogen) atoms. The van der Waals surface area contributed by atoms with Crippen molar-refractivity contribution in [3.05, 3.63) is 41.5 Å². The molecule has 1 aromatic rings. The number of amides is 2. The topological polar surface area (TPSA) is 49.4 Å². The molecule has 1 N–H and O–H groups in total. The van der Waals surface area contributed by atoms with Gasteiger partial charge in [0, 0.05) is 37.9 Å². The second-order valence-electron chi connectivity index (χ2n) is 6.67. The zero-order chi connectivity index (χ0) is 16.2. The molecule has 1 aliphatic carbocycles. The van der Waals surface area contributed by atoms with Crippen LogP contribution in [0.1, 0.15) is 36.8 Å². The van der Waals surface area contributed by atoms with Gasteiger partial charge in [0.2, 0.25) is 11.8 Å². The van der Waals surface area contributed by atoms with E-state index >= 15 is 0 Å². The highest BCUT2D eigenvalue weighted by Gasteiger charge is 2.39. The molecule has 4 heteroatoms. The molecule has 2 aliphatic rings. The van der Waals surface area contributed by atoms with E-state index in [1.807, 2.05) is 29.2 Å². The fourth-order valence-electron chi connectivity index (χ4n) is 2.99. The fourth-order valence-corrected chi connectivity index (χ4v) is 2.99. The standard InChI is InChI=1S/C19H24N2O2/c1-14-5-7-15(8-6-14)3-2-4-18(22)20-12-16-11-19(23)21(13-16)17-9-10-17/h2-3,5-8,16-17H,4,9-13H2,1H3,(H,20,22). The molecule has 4 nitrogen and oxygen atoms in total. The first-order valence-electron chi connectivity index (χ1n) is 8.41.